The summed E-state index contributed by atoms with van der Waals surface area (Å²) < 4.78 is 5.14. The SMILES string of the molecule is CC(C)(C)OC(=O)N[C@@H]1CC[C@@H](N=[N+]=[N-])C1. The highest BCUT2D eigenvalue weighted by molar-refractivity contribution is 5.68. The van der Waals surface area contributed by atoms with Crippen LogP contribution in [0, 0.1) is 0 Å². The number of nitrogens with zero attached hydrogens (tertiary/aromatic N) is 3. The van der Waals surface area contributed by atoms with Gasteiger partial charge in [-0.2, -0.15) is 0 Å². The first kappa shape index (κ1) is 12.6. The van der Waals surface area contributed by atoms with Gasteiger partial charge in [0.15, 0.2) is 0 Å². The van der Waals surface area contributed by atoms with E-state index in [0.717, 1.165) is 12.8 Å². The van der Waals surface area contributed by atoms with Gasteiger partial charge in [0.2, 0.25) is 0 Å². The lowest BCUT2D eigenvalue weighted by Gasteiger charge is -2.21. The van der Waals surface area contributed by atoms with Gasteiger partial charge < -0.3 is 10.1 Å². The smallest absolute Gasteiger partial charge is 0.407 e. The summed E-state index contributed by atoms with van der Waals surface area (Å²) in [5, 5.41) is 6.42. The summed E-state index contributed by atoms with van der Waals surface area (Å²) in [6, 6.07) is 0.0651. The van der Waals surface area contributed by atoms with Gasteiger partial charge in [-0.1, -0.05) is 5.11 Å². The van der Waals surface area contributed by atoms with Gasteiger partial charge in [-0.25, -0.2) is 4.79 Å². The summed E-state index contributed by atoms with van der Waals surface area (Å²) in [5.74, 6) is 0. The lowest BCUT2D eigenvalue weighted by atomic mass is 10.2. The molecule has 0 heterocycles. The highest BCUT2D eigenvalue weighted by atomic mass is 16.6. The van der Waals surface area contributed by atoms with Crippen molar-refractivity contribution in [2.24, 2.45) is 5.11 Å². The minimum atomic E-state index is -0.479. The van der Waals surface area contributed by atoms with Crippen molar-refractivity contribution in [2.45, 2.75) is 57.7 Å². The fourth-order valence-corrected chi connectivity index (χ4v) is 1.74. The first-order chi connectivity index (χ1) is 7.40. The van der Waals surface area contributed by atoms with Crippen molar-refractivity contribution in [3.8, 4) is 0 Å². The Morgan fingerprint density at radius 1 is 1.50 bits per heavy atom. The molecule has 2 atom stereocenters. The van der Waals surface area contributed by atoms with Gasteiger partial charge in [0, 0.05) is 17.0 Å². The van der Waals surface area contributed by atoms with Crippen molar-refractivity contribution in [3.05, 3.63) is 10.4 Å². The monoisotopic (exact) mass is 226 g/mol. The molecular weight excluding hydrogens is 208 g/mol. The minimum absolute atomic E-state index is 0.00457. The zero-order valence-electron chi connectivity index (χ0n) is 9.93. The Balaban J connectivity index is 2.34. The molecule has 1 fully saturated rings. The standard InChI is InChI=1S/C10H18N4O2/c1-10(2,3)16-9(15)12-7-4-5-8(6-7)13-14-11/h7-8H,4-6H2,1-3H3,(H,12,15)/t7-,8-/m1/s1. The van der Waals surface area contributed by atoms with Crippen LogP contribution in [0.25, 0.3) is 10.4 Å². The topological polar surface area (TPSA) is 87.1 Å². The average Bonchev–Trinajstić information content (AvgIpc) is 2.49. The summed E-state index contributed by atoms with van der Waals surface area (Å²) >= 11 is 0. The molecule has 0 radical (unpaired) electrons. The van der Waals surface area contributed by atoms with Crippen LogP contribution in [-0.4, -0.2) is 23.8 Å². The number of ether oxygens (including phenoxy) is 1. The maximum Gasteiger partial charge on any atom is 0.407 e. The fourth-order valence-electron chi connectivity index (χ4n) is 1.74. The Kier molecular flexibility index (Phi) is 4.01. The summed E-state index contributed by atoms with van der Waals surface area (Å²) in [5.41, 5.74) is 7.81. The molecule has 0 aliphatic heterocycles. The van der Waals surface area contributed by atoms with Crippen LogP contribution in [0.4, 0.5) is 4.79 Å². The number of rotatable bonds is 2. The van der Waals surface area contributed by atoms with Crippen molar-refractivity contribution in [1.82, 2.24) is 5.32 Å². The van der Waals surface area contributed by atoms with Crippen LogP contribution in [-0.2, 0) is 4.74 Å². The lowest BCUT2D eigenvalue weighted by molar-refractivity contribution is 0.0505. The number of alkyl carbamates (subject to hydrolysis) is 1. The zero-order valence-corrected chi connectivity index (χ0v) is 9.93. The zero-order chi connectivity index (χ0) is 12.2. The van der Waals surface area contributed by atoms with Crippen LogP contribution in [0.3, 0.4) is 0 Å². The molecule has 0 aromatic rings. The molecule has 1 amide bonds. The van der Waals surface area contributed by atoms with Crippen LogP contribution in [0.15, 0.2) is 5.11 Å². The van der Waals surface area contributed by atoms with Crippen LogP contribution in [0.5, 0.6) is 0 Å². The van der Waals surface area contributed by atoms with Crippen molar-refractivity contribution < 1.29 is 9.53 Å². The van der Waals surface area contributed by atoms with Gasteiger partial charge in [0.25, 0.3) is 0 Å². The summed E-state index contributed by atoms with van der Waals surface area (Å²) in [6.45, 7) is 5.47. The van der Waals surface area contributed by atoms with E-state index >= 15 is 0 Å². The molecule has 1 rings (SSSR count). The number of nitrogens with one attached hydrogen (secondary N) is 1. The second-order valence-corrected chi connectivity index (χ2v) is 5.01. The van der Waals surface area contributed by atoms with E-state index in [-0.39, 0.29) is 12.1 Å². The number of hydrogen-bond acceptors (Lipinski definition) is 3. The summed E-state index contributed by atoms with van der Waals surface area (Å²) in [6.07, 6.45) is 1.95. The van der Waals surface area contributed by atoms with Gasteiger partial charge in [-0.3, -0.25) is 0 Å². The number of carbonyl (C=O) groups is 1. The van der Waals surface area contributed by atoms with Crippen molar-refractivity contribution in [1.29, 1.82) is 0 Å². The first-order valence-corrected chi connectivity index (χ1v) is 5.44. The highest BCUT2D eigenvalue weighted by Crippen LogP contribution is 2.22. The maximum atomic E-state index is 11.4. The Morgan fingerprint density at radius 3 is 2.75 bits per heavy atom. The average molecular weight is 226 g/mol. The summed E-state index contributed by atoms with van der Waals surface area (Å²) in [4.78, 5) is 14.2. The van der Waals surface area contributed by atoms with Gasteiger partial charge in [0.05, 0.1) is 0 Å². The van der Waals surface area contributed by atoms with Crippen LogP contribution in [0.1, 0.15) is 40.0 Å². The van der Waals surface area contributed by atoms with Crippen LogP contribution in [0.2, 0.25) is 0 Å². The number of azide groups is 1. The molecular formula is C10H18N4O2. The predicted octanol–water partition coefficient (Wildman–Crippen LogP) is 2.74. The first-order valence-electron chi connectivity index (χ1n) is 5.44. The third kappa shape index (κ3) is 4.40. The van der Waals surface area contributed by atoms with E-state index in [1.54, 1.807) is 0 Å². The van der Waals surface area contributed by atoms with E-state index in [2.05, 4.69) is 15.3 Å². The second-order valence-electron chi connectivity index (χ2n) is 5.01. The largest absolute Gasteiger partial charge is 0.444 e. The van der Waals surface area contributed by atoms with Crippen LogP contribution < -0.4 is 5.32 Å². The van der Waals surface area contributed by atoms with Crippen molar-refractivity contribution in [2.75, 3.05) is 0 Å². The minimum Gasteiger partial charge on any atom is -0.444 e. The molecule has 0 saturated heterocycles. The van der Waals surface area contributed by atoms with E-state index in [4.69, 9.17) is 10.3 Å². The maximum absolute atomic E-state index is 11.4. The molecule has 1 N–H and O–H groups in total. The van der Waals surface area contributed by atoms with Gasteiger partial charge in [0.1, 0.15) is 5.60 Å². The summed E-state index contributed by atoms with van der Waals surface area (Å²) in [7, 11) is 0. The number of amides is 1. The number of hydrogen-bond donors (Lipinski definition) is 1. The Labute approximate surface area is 95.0 Å². The van der Waals surface area contributed by atoms with Gasteiger partial charge in [-0.05, 0) is 45.6 Å². The molecule has 6 heteroatoms. The van der Waals surface area contributed by atoms with Crippen LogP contribution >= 0.6 is 0 Å². The van der Waals surface area contributed by atoms with E-state index in [0.29, 0.717) is 6.42 Å². The second kappa shape index (κ2) is 5.07. The molecule has 16 heavy (non-hydrogen) atoms. The van der Waals surface area contributed by atoms with E-state index < -0.39 is 11.7 Å². The van der Waals surface area contributed by atoms with Gasteiger partial charge in [-0.15, -0.1) is 0 Å². The lowest BCUT2D eigenvalue weighted by Crippen LogP contribution is -2.38. The molecule has 0 unspecified atom stereocenters. The molecule has 0 aromatic heterocycles. The fraction of sp³-hybridized carbons (Fsp3) is 0.900. The van der Waals surface area contributed by atoms with Crippen molar-refractivity contribution in [3.63, 3.8) is 0 Å². The molecule has 1 aliphatic rings. The molecule has 6 nitrogen and oxygen atoms in total. The highest BCUT2D eigenvalue weighted by Gasteiger charge is 2.26. The molecule has 0 bridgehead atoms. The molecule has 0 spiro atoms. The Bertz CT molecular complexity index is 304. The molecule has 1 aliphatic carbocycles. The molecule has 1 saturated carbocycles. The third-order valence-corrected chi connectivity index (χ3v) is 2.34. The predicted molar refractivity (Wildman–Crippen MR) is 59.9 cm³/mol. The number of carbonyl (C=O) groups excluding carboxylic acids is 1. The van der Waals surface area contributed by atoms with E-state index in [1.165, 1.54) is 0 Å². The van der Waals surface area contributed by atoms with Crippen molar-refractivity contribution >= 4 is 6.09 Å². The molecule has 90 valence electrons. The van der Waals surface area contributed by atoms with Gasteiger partial charge >= 0.3 is 6.09 Å². The molecule has 0 aromatic carbocycles. The third-order valence-electron chi connectivity index (χ3n) is 2.34. The van der Waals surface area contributed by atoms with E-state index in [9.17, 15) is 4.79 Å². The Morgan fingerprint density at radius 2 is 2.19 bits per heavy atom. The normalized spacial score (nSPS) is 24.7. The Hall–Kier alpha value is -1.42. The van der Waals surface area contributed by atoms with E-state index in [1.807, 2.05) is 20.8 Å². The quantitative estimate of drug-likeness (QED) is 0.445.